The SMILES string of the molecule is Cc1cc(=O)oc2cc(OCC(=O)N3c4ccccc4NC(=O)C[C@H]3C)c(Cl)cc12. The van der Waals surface area contributed by atoms with Gasteiger partial charge in [-0.25, -0.2) is 4.79 Å². The molecule has 0 radical (unpaired) electrons. The van der Waals surface area contributed by atoms with Gasteiger partial charge in [-0.1, -0.05) is 23.7 Å². The maximum atomic E-state index is 13.0. The van der Waals surface area contributed by atoms with E-state index in [2.05, 4.69) is 5.32 Å². The van der Waals surface area contributed by atoms with Crippen LogP contribution in [0, 0.1) is 6.92 Å². The molecule has 0 aliphatic carbocycles. The number of aryl methyl sites for hydroxylation is 1. The highest BCUT2D eigenvalue weighted by Gasteiger charge is 2.29. The zero-order valence-corrected chi connectivity index (χ0v) is 17.2. The molecule has 8 heteroatoms. The van der Waals surface area contributed by atoms with E-state index in [1.165, 1.54) is 12.1 Å². The molecule has 0 saturated heterocycles. The summed E-state index contributed by atoms with van der Waals surface area (Å²) < 4.78 is 10.9. The van der Waals surface area contributed by atoms with Crippen molar-refractivity contribution in [3.63, 3.8) is 0 Å². The number of carbonyl (C=O) groups excluding carboxylic acids is 2. The van der Waals surface area contributed by atoms with Crippen LogP contribution in [0.3, 0.4) is 0 Å². The molecule has 0 spiro atoms. The third-order valence-electron chi connectivity index (χ3n) is 4.98. The summed E-state index contributed by atoms with van der Waals surface area (Å²) >= 11 is 6.31. The average molecular weight is 427 g/mol. The van der Waals surface area contributed by atoms with Crippen molar-refractivity contribution in [3.05, 3.63) is 63.5 Å². The minimum atomic E-state index is -0.475. The molecule has 0 fully saturated rings. The van der Waals surface area contributed by atoms with Crippen LogP contribution in [0.1, 0.15) is 18.9 Å². The van der Waals surface area contributed by atoms with Gasteiger partial charge in [-0.15, -0.1) is 0 Å². The molecule has 1 atom stereocenters. The van der Waals surface area contributed by atoms with Crippen molar-refractivity contribution in [3.8, 4) is 5.75 Å². The highest BCUT2D eigenvalue weighted by atomic mass is 35.5. The van der Waals surface area contributed by atoms with E-state index in [0.29, 0.717) is 27.4 Å². The van der Waals surface area contributed by atoms with E-state index in [1.54, 1.807) is 49.1 Å². The van der Waals surface area contributed by atoms with Crippen LogP contribution < -0.4 is 20.6 Å². The van der Waals surface area contributed by atoms with E-state index in [1.807, 2.05) is 0 Å². The molecule has 2 aromatic carbocycles. The Labute approximate surface area is 177 Å². The highest BCUT2D eigenvalue weighted by Crippen LogP contribution is 2.33. The lowest BCUT2D eigenvalue weighted by Crippen LogP contribution is -2.41. The highest BCUT2D eigenvalue weighted by molar-refractivity contribution is 6.32. The quantitative estimate of drug-likeness (QED) is 0.641. The fourth-order valence-electron chi connectivity index (χ4n) is 3.61. The molecule has 30 heavy (non-hydrogen) atoms. The van der Waals surface area contributed by atoms with Crippen molar-refractivity contribution in [1.82, 2.24) is 0 Å². The van der Waals surface area contributed by atoms with Crippen LogP contribution >= 0.6 is 11.6 Å². The topological polar surface area (TPSA) is 88.8 Å². The van der Waals surface area contributed by atoms with Gasteiger partial charge in [0.1, 0.15) is 11.3 Å². The smallest absolute Gasteiger partial charge is 0.336 e. The number of halogens is 1. The van der Waals surface area contributed by atoms with Gasteiger partial charge >= 0.3 is 5.63 Å². The van der Waals surface area contributed by atoms with Crippen LogP contribution in [-0.2, 0) is 9.59 Å². The predicted octanol–water partition coefficient (Wildman–Crippen LogP) is 3.90. The van der Waals surface area contributed by atoms with Crippen LogP contribution in [0.15, 0.2) is 51.7 Å². The summed E-state index contributed by atoms with van der Waals surface area (Å²) in [4.78, 5) is 38.3. The lowest BCUT2D eigenvalue weighted by molar-refractivity contribution is -0.121. The fourth-order valence-corrected chi connectivity index (χ4v) is 3.83. The molecule has 2 amide bonds. The number of fused-ring (bicyclic) bond motifs is 2. The first-order valence-electron chi connectivity index (χ1n) is 9.41. The summed E-state index contributed by atoms with van der Waals surface area (Å²) in [6, 6.07) is 11.3. The molecule has 3 aromatic rings. The summed E-state index contributed by atoms with van der Waals surface area (Å²) in [5, 5.41) is 3.81. The third kappa shape index (κ3) is 3.76. The van der Waals surface area contributed by atoms with Gasteiger partial charge in [0.15, 0.2) is 6.61 Å². The Bertz CT molecular complexity index is 1220. The number of carbonyl (C=O) groups is 2. The van der Waals surface area contributed by atoms with E-state index in [-0.39, 0.29) is 36.6 Å². The number of amides is 2. The molecule has 1 N–H and O–H groups in total. The minimum absolute atomic E-state index is 0.158. The minimum Gasteiger partial charge on any atom is -0.482 e. The first-order valence-corrected chi connectivity index (χ1v) is 9.79. The number of para-hydroxylation sites is 2. The summed E-state index contributed by atoms with van der Waals surface area (Å²) in [6.45, 7) is 3.29. The second-order valence-corrected chi connectivity index (χ2v) is 7.61. The number of rotatable bonds is 3. The van der Waals surface area contributed by atoms with Gasteiger partial charge in [0, 0.05) is 30.0 Å². The summed E-state index contributed by atoms with van der Waals surface area (Å²) in [6.07, 6.45) is 0.168. The number of benzene rings is 2. The molecule has 0 bridgehead atoms. The van der Waals surface area contributed by atoms with Gasteiger partial charge < -0.3 is 19.4 Å². The normalized spacial score (nSPS) is 16.0. The fraction of sp³-hybridized carbons (Fsp3) is 0.227. The molecule has 4 rings (SSSR count). The lowest BCUT2D eigenvalue weighted by Gasteiger charge is -2.27. The van der Waals surface area contributed by atoms with Crippen molar-refractivity contribution in [2.24, 2.45) is 0 Å². The number of hydrogen-bond acceptors (Lipinski definition) is 5. The molecule has 1 aromatic heterocycles. The van der Waals surface area contributed by atoms with E-state index in [0.717, 1.165) is 5.56 Å². The van der Waals surface area contributed by atoms with Gasteiger partial charge in [0.05, 0.1) is 16.4 Å². The van der Waals surface area contributed by atoms with Gasteiger partial charge in [0.25, 0.3) is 5.91 Å². The Morgan fingerprint density at radius 2 is 2.03 bits per heavy atom. The van der Waals surface area contributed by atoms with Crippen LogP contribution in [-0.4, -0.2) is 24.5 Å². The van der Waals surface area contributed by atoms with E-state index in [9.17, 15) is 14.4 Å². The molecule has 1 aliphatic heterocycles. The number of hydrogen-bond donors (Lipinski definition) is 1. The lowest BCUT2D eigenvalue weighted by atomic mass is 10.1. The molecule has 154 valence electrons. The Morgan fingerprint density at radius 3 is 2.83 bits per heavy atom. The Hall–Kier alpha value is -3.32. The molecule has 7 nitrogen and oxygen atoms in total. The maximum Gasteiger partial charge on any atom is 0.336 e. The van der Waals surface area contributed by atoms with E-state index >= 15 is 0 Å². The number of nitrogens with zero attached hydrogens (tertiary/aromatic N) is 1. The third-order valence-corrected chi connectivity index (χ3v) is 5.28. The molecule has 0 saturated carbocycles. The van der Waals surface area contributed by atoms with Crippen LogP contribution in [0.4, 0.5) is 11.4 Å². The maximum absolute atomic E-state index is 13.0. The summed E-state index contributed by atoms with van der Waals surface area (Å²) in [7, 11) is 0. The molecule has 0 unspecified atom stereocenters. The van der Waals surface area contributed by atoms with Crippen LogP contribution in [0.25, 0.3) is 11.0 Å². The predicted molar refractivity (Wildman–Crippen MR) is 114 cm³/mol. The van der Waals surface area contributed by atoms with E-state index in [4.69, 9.17) is 20.8 Å². The van der Waals surface area contributed by atoms with Gasteiger partial charge in [-0.2, -0.15) is 0 Å². The van der Waals surface area contributed by atoms with Crippen molar-refractivity contribution in [2.75, 3.05) is 16.8 Å². The largest absolute Gasteiger partial charge is 0.482 e. The molecule has 2 heterocycles. The van der Waals surface area contributed by atoms with Crippen molar-refractivity contribution in [1.29, 1.82) is 0 Å². The van der Waals surface area contributed by atoms with Crippen molar-refractivity contribution >= 4 is 45.8 Å². The van der Waals surface area contributed by atoms with Gasteiger partial charge in [-0.3, -0.25) is 9.59 Å². The number of nitrogens with one attached hydrogen (secondary N) is 1. The molecular formula is C22H19ClN2O5. The summed E-state index contributed by atoms with van der Waals surface area (Å²) in [5.74, 6) is -0.251. The Kier molecular flexibility index (Phi) is 5.22. The standard InChI is InChI=1S/C22H19ClN2O5/c1-12-7-22(28)30-18-10-19(15(23)9-14(12)18)29-11-21(27)25-13(2)8-20(26)24-16-5-3-4-6-17(16)25/h3-7,9-10,13H,8,11H2,1-2H3,(H,24,26)/t13-/m1/s1. The number of anilines is 2. The molecular weight excluding hydrogens is 408 g/mol. The van der Waals surface area contributed by atoms with E-state index < -0.39 is 5.63 Å². The Balaban J connectivity index is 1.61. The first-order chi connectivity index (χ1) is 14.3. The molecule has 1 aliphatic rings. The second kappa shape index (κ2) is 7.84. The second-order valence-electron chi connectivity index (χ2n) is 7.20. The number of ether oxygens (including phenoxy) is 1. The Morgan fingerprint density at radius 1 is 1.27 bits per heavy atom. The first kappa shape index (κ1) is 20.0. The zero-order chi connectivity index (χ0) is 21.4. The summed E-state index contributed by atoms with van der Waals surface area (Å²) in [5.41, 5.74) is 1.77. The van der Waals surface area contributed by atoms with Gasteiger partial charge in [0.2, 0.25) is 5.91 Å². The monoisotopic (exact) mass is 426 g/mol. The average Bonchev–Trinajstić information content (AvgIpc) is 2.81. The van der Waals surface area contributed by atoms with Crippen molar-refractivity contribution in [2.45, 2.75) is 26.3 Å². The zero-order valence-electron chi connectivity index (χ0n) is 16.4. The van der Waals surface area contributed by atoms with Crippen molar-refractivity contribution < 1.29 is 18.7 Å². The van der Waals surface area contributed by atoms with Gasteiger partial charge in [-0.05, 0) is 37.6 Å². The van der Waals surface area contributed by atoms with Crippen LogP contribution in [0.2, 0.25) is 5.02 Å². The van der Waals surface area contributed by atoms with Crippen LogP contribution in [0.5, 0.6) is 5.75 Å².